The predicted octanol–water partition coefficient (Wildman–Crippen LogP) is 0.515. The second kappa shape index (κ2) is 6.04. The first-order chi connectivity index (χ1) is 9.11. The molecule has 1 aromatic carbocycles. The van der Waals surface area contributed by atoms with Crippen LogP contribution in [0.2, 0.25) is 0 Å². The maximum atomic E-state index is 11.5. The molecule has 0 spiro atoms. The zero-order valence-corrected chi connectivity index (χ0v) is 11.4. The quantitative estimate of drug-likeness (QED) is 0.831. The number of amides is 1. The van der Waals surface area contributed by atoms with Gasteiger partial charge >= 0.3 is 0 Å². The van der Waals surface area contributed by atoms with E-state index >= 15 is 0 Å². The second-order valence-electron chi connectivity index (χ2n) is 4.90. The number of piperazine rings is 1. The fourth-order valence-corrected chi connectivity index (χ4v) is 2.54. The van der Waals surface area contributed by atoms with E-state index in [4.69, 9.17) is 10.5 Å². The van der Waals surface area contributed by atoms with Gasteiger partial charge in [0.05, 0.1) is 19.7 Å². The van der Waals surface area contributed by atoms with Crippen molar-refractivity contribution in [3.05, 3.63) is 29.8 Å². The van der Waals surface area contributed by atoms with Crippen LogP contribution in [0.5, 0.6) is 5.75 Å². The third kappa shape index (κ3) is 3.24. The molecule has 1 saturated heterocycles. The Kier molecular flexibility index (Phi) is 4.39. The van der Waals surface area contributed by atoms with Crippen molar-refractivity contribution in [3.63, 3.8) is 0 Å². The highest BCUT2D eigenvalue weighted by Gasteiger charge is 2.28. The summed E-state index contributed by atoms with van der Waals surface area (Å²) < 4.78 is 5.16. The Morgan fingerprint density at radius 2 is 2.05 bits per heavy atom. The Balaban J connectivity index is 2.20. The van der Waals surface area contributed by atoms with E-state index in [0.29, 0.717) is 13.1 Å². The van der Waals surface area contributed by atoms with Gasteiger partial charge in [0, 0.05) is 19.1 Å². The molecule has 1 fully saturated rings. The lowest BCUT2D eigenvalue weighted by atomic mass is 9.98. The molecule has 2 unspecified atom stereocenters. The summed E-state index contributed by atoms with van der Waals surface area (Å²) in [6.45, 7) is 3.88. The van der Waals surface area contributed by atoms with Crippen molar-refractivity contribution < 1.29 is 9.53 Å². The van der Waals surface area contributed by atoms with Crippen molar-refractivity contribution in [2.45, 2.75) is 19.0 Å². The van der Waals surface area contributed by atoms with Crippen LogP contribution in [0.15, 0.2) is 24.3 Å². The fraction of sp³-hybridized carbons (Fsp3) is 0.500. The van der Waals surface area contributed by atoms with Gasteiger partial charge in [0.2, 0.25) is 5.91 Å². The molecule has 19 heavy (non-hydrogen) atoms. The molecule has 2 rings (SSSR count). The van der Waals surface area contributed by atoms with E-state index in [2.05, 4.69) is 10.2 Å². The molecule has 0 bridgehead atoms. The topological polar surface area (TPSA) is 67.6 Å². The normalized spacial score (nSPS) is 19.6. The van der Waals surface area contributed by atoms with E-state index in [1.807, 2.05) is 31.2 Å². The largest absolute Gasteiger partial charge is 0.497 e. The monoisotopic (exact) mass is 263 g/mol. The van der Waals surface area contributed by atoms with Gasteiger partial charge in [0.1, 0.15) is 5.75 Å². The molecule has 0 saturated carbocycles. The van der Waals surface area contributed by atoms with E-state index < -0.39 is 0 Å². The molecule has 104 valence electrons. The van der Waals surface area contributed by atoms with Crippen LogP contribution in [-0.2, 0) is 4.79 Å². The highest BCUT2D eigenvalue weighted by atomic mass is 16.5. The maximum Gasteiger partial charge on any atom is 0.234 e. The highest BCUT2D eigenvalue weighted by Crippen LogP contribution is 2.25. The number of methoxy groups -OCH3 is 1. The van der Waals surface area contributed by atoms with E-state index in [-0.39, 0.29) is 18.0 Å². The van der Waals surface area contributed by atoms with Crippen molar-refractivity contribution in [2.24, 2.45) is 5.73 Å². The van der Waals surface area contributed by atoms with Gasteiger partial charge < -0.3 is 15.8 Å². The summed E-state index contributed by atoms with van der Waals surface area (Å²) in [5.74, 6) is 0.883. The molecular weight excluding hydrogens is 242 g/mol. The summed E-state index contributed by atoms with van der Waals surface area (Å²) in [5, 5.41) is 2.83. The van der Waals surface area contributed by atoms with Gasteiger partial charge in [0.25, 0.3) is 0 Å². The molecule has 2 atom stereocenters. The van der Waals surface area contributed by atoms with Crippen molar-refractivity contribution in [1.82, 2.24) is 10.2 Å². The third-order valence-electron chi connectivity index (χ3n) is 3.42. The lowest BCUT2D eigenvalue weighted by Gasteiger charge is -2.36. The van der Waals surface area contributed by atoms with Crippen LogP contribution in [0.3, 0.4) is 0 Å². The molecule has 0 aliphatic carbocycles. The number of rotatable bonds is 4. The molecule has 0 radical (unpaired) electrons. The second-order valence-corrected chi connectivity index (χ2v) is 4.90. The first-order valence-electron chi connectivity index (χ1n) is 6.52. The molecule has 3 N–H and O–H groups in total. The number of nitrogens with two attached hydrogens (primary N) is 1. The van der Waals surface area contributed by atoms with Gasteiger partial charge in [-0.1, -0.05) is 12.1 Å². The minimum atomic E-state index is -0.0423. The summed E-state index contributed by atoms with van der Waals surface area (Å²) in [5.41, 5.74) is 7.23. The summed E-state index contributed by atoms with van der Waals surface area (Å²) in [6, 6.07) is 7.89. The highest BCUT2D eigenvalue weighted by molar-refractivity contribution is 5.78. The van der Waals surface area contributed by atoms with Gasteiger partial charge in [-0.05, 0) is 24.6 Å². The molecule has 5 nitrogen and oxygen atoms in total. The average Bonchev–Trinajstić information content (AvgIpc) is 2.39. The van der Waals surface area contributed by atoms with Crippen LogP contribution >= 0.6 is 0 Å². The molecular formula is C14H21N3O2. The fourth-order valence-electron chi connectivity index (χ4n) is 2.54. The van der Waals surface area contributed by atoms with Gasteiger partial charge in [-0.2, -0.15) is 0 Å². The number of ether oxygens (including phenoxy) is 1. The SMILES string of the molecule is COc1ccc(C(C(C)N)N2CCNC(=O)C2)cc1. The predicted molar refractivity (Wildman–Crippen MR) is 74.0 cm³/mol. The first kappa shape index (κ1) is 13.8. The van der Waals surface area contributed by atoms with Crippen LogP contribution in [0.4, 0.5) is 0 Å². The minimum absolute atomic E-state index is 0.0423. The Hall–Kier alpha value is -1.59. The van der Waals surface area contributed by atoms with Crippen LogP contribution in [0, 0.1) is 0 Å². The minimum Gasteiger partial charge on any atom is -0.497 e. The van der Waals surface area contributed by atoms with Gasteiger partial charge in [-0.15, -0.1) is 0 Å². The number of hydrogen-bond donors (Lipinski definition) is 2. The Labute approximate surface area is 113 Å². The molecule has 1 aliphatic rings. The number of hydrogen-bond acceptors (Lipinski definition) is 4. The number of benzene rings is 1. The standard InChI is InChI=1S/C14H21N3O2/c1-10(15)14(17-8-7-16-13(18)9-17)11-3-5-12(19-2)6-4-11/h3-6,10,14H,7-9,15H2,1-2H3,(H,16,18). The van der Waals surface area contributed by atoms with Crippen LogP contribution in [0.25, 0.3) is 0 Å². The van der Waals surface area contributed by atoms with E-state index in [0.717, 1.165) is 17.9 Å². The average molecular weight is 263 g/mol. The van der Waals surface area contributed by atoms with Crippen molar-refractivity contribution >= 4 is 5.91 Å². The Morgan fingerprint density at radius 3 is 2.58 bits per heavy atom. The van der Waals surface area contributed by atoms with Crippen molar-refractivity contribution in [1.29, 1.82) is 0 Å². The summed E-state index contributed by atoms with van der Waals surface area (Å²) in [6.07, 6.45) is 0. The van der Waals surface area contributed by atoms with Crippen molar-refractivity contribution in [3.8, 4) is 5.75 Å². The zero-order chi connectivity index (χ0) is 13.8. The third-order valence-corrected chi connectivity index (χ3v) is 3.42. The lowest BCUT2D eigenvalue weighted by Crippen LogP contribution is -2.52. The van der Waals surface area contributed by atoms with Crippen molar-refractivity contribution in [2.75, 3.05) is 26.7 Å². The molecule has 1 aromatic rings. The molecule has 1 heterocycles. The summed E-state index contributed by atoms with van der Waals surface area (Å²) >= 11 is 0. The van der Waals surface area contributed by atoms with Gasteiger partial charge in [-0.25, -0.2) is 0 Å². The van der Waals surface area contributed by atoms with Gasteiger partial charge in [0.15, 0.2) is 0 Å². The molecule has 5 heteroatoms. The summed E-state index contributed by atoms with van der Waals surface area (Å²) in [7, 11) is 1.65. The Bertz CT molecular complexity index is 431. The molecule has 0 aromatic heterocycles. The van der Waals surface area contributed by atoms with Crippen LogP contribution < -0.4 is 15.8 Å². The van der Waals surface area contributed by atoms with Crippen LogP contribution in [0.1, 0.15) is 18.5 Å². The van der Waals surface area contributed by atoms with E-state index in [1.54, 1.807) is 7.11 Å². The first-order valence-corrected chi connectivity index (χ1v) is 6.52. The molecule has 1 aliphatic heterocycles. The van der Waals surface area contributed by atoms with E-state index in [1.165, 1.54) is 0 Å². The zero-order valence-electron chi connectivity index (χ0n) is 11.4. The smallest absolute Gasteiger partial charge is 0.234 e. The Morgan fingerprint density at radius 1 is 1.37 bits per heavy atom. The maximum absolute atomic E-state index is 11.5. The van der Waals surface area contributed by atoms with E-state index in [9.17, 15) is 4.79 Å². The number of nitrogens with one attached hydrogen (secondary N) is 1. The number of carbonyl (C=O) groups is 1. The number of nitrogens with zero attached hydrogens (tertiary/aromatic N) is 1. The number of carbonyl (C=O) groups excluding carboxylic acids is 1. The molecule has 1 amide bonds. The van der Waals surface area contributed by atoms with Gasteiger partial charge in [-0.3, -0.25) is 9.69 Å². The lowest BCUT2D eigenvalue weighted by molar-refractivity contribution is -0.125. The van der Waals surface area contributed by atoms with Crippen LogP contribution in [-0.4, -0.2) is 43.6 Å². The summed E-state index contributed by atoms with van der Waals surface area (Å²) in [4.78, 5) is 13.6.